The zero-order valence-corrected chi connectivity index (χ0v) is 11.1. The van der Waals surface area contributed by atoms with Gasteiger partial charge in [-0.05, 0) is 24.6 Å². The van der Waals surface area contributed by atoms with Crippen LogP contribution in [0.3, 0.4) is 0 Å². The summed E-state index contributed by atoms with van der Waals surface area (Å²) in [6.45, 7) is 1.84. The van der Waals surface area contributed by atoms with Crippen LogP contribution in [0.25, 0.3) is 0 Å². The molecule has 98 valence electrons. The first-order valence-electron chi connectivity index (χ1n) is 5.12. The molecule has 1 rings (SSSR count). The van der Waals surface area contributed by atoms with E-state index in [9.17, 15) is 9.59 Å². The van der Waals surface area contributed by atoms with Crippen molar-refractivity contribution in [2.24, 2.45) is 0 Å². The van der Waals surface area contributed by atoms with Crippen LogP contribution in [0.2, 0.25) is 10.0 Å². The molecule has 0 radical (unpaired) electrons. The Balaban J connectivity index is 2.59. The fourth-order valence-corrected chi connectivity index (χ4v) is 1.62. The molecule has 0 spiro atoms. The molecule has 0 heterocycles. The van der Waals surface area contributed by atoms with Crippen LogP contribution in [0, 0.1) is 6.92 Å². The van der Waals surface area contributed by atoms with Gasteiger partial charge in [0.25, 0.3) is 0 Å². The van der Waals surface area contributed by atoms with Crippen molar-refractivity contribution in [3.05, 3.63) is 27.7 Å². The summed E-state index contributed by atoms with van der Waals surface area (Å²) < 4.78 is 0. The Morgan fingerprint density at radius 2 is 1.94 bits per heavy atom. The lowest BCUT2D eigenvalue weighted by atomic mass is 10.2. The minimum atomic E-state index is -0.980. The second-order valence-corrected chi connectivity index (χ2v) is 4.42. The zero-order chi connectivity index (χ0) is 13.7. The van der Waals surface area contributed by atoms with Gasteiger partial charge in [-0.25, -0.2) is 4.79 Å². The molecule has 5 nitrogen and oxygen atoms in total. The first-order chi connectivity index (χ1) is 8.40. The number of amides is 2. The molecule has 0 atom stereocenters. The lowest BCUT2D eigenvalue weighted by molar-refractivity contribution is -0.136. The number of anilines is 1. The predicted molar refractivity (Wildman–Crippen MR) is 70.5 cm³/mol. The SMILES string of the molecule is Cc1cc(Cl)c(NC(=O)NCCC(=O)O)cc1Cl. The molecule has 0 fully saturated rings. The van der Waals surface area contributed by atoms with Crippen LogP contribution < -0.4 is 10.6 Å². The first-order valence-corrected chi connectivity index (χ1v) is 5.88. The van der Waals surface area contributed by atoms with Gasteiger partial charge in [0.15, 0.2) is 0 Å². The molecule has 0 unspecified atom stereocenters. The van der Waals surface area contributed by atoms with Crippen LogP contribution in [0.5, 0.6) is 0 Å². The van der Waals surface area contributed by atoms with Crippen molar-refractivity contribution in [1.29, 1.82) is 0 Å². The third-order valence-corrected chi connectivity index (χ3v) is 2.84. The van der Waals surface area contributed by atoms with Crippen molar-refractivity contribution in [1.82, 2.24) is 5.32 Å². The maximum absolute atomic E-state index is 11.4. The van der Waals surface area contributed by atoms with Crippen molar-refractivity contribution in [3.63, 3.8) is 0 Å². The molecule has 3 N–H and O–H groups in total. The molecule has 0 aromatic heterocycles. The number of halogens is 2. The van der Waals surface area contributed by atoms with Gasteiger partial charge >= 0.3 is 12.0 Å². The Kier molecular flexibility index (Phi) is 5.25. The van der Waals surface area contributed by atoms with Crippen LogP contribution >= 0.6 is 23.2 Å². The number of aryl methyl sites for hydroxylation is 1. The summed E-state index contributed by atoms with van der Waals surface area (Å²) in [4.78, 5) is 21.7. The summed E-state index contributed by atoms with van der Waals surface area (Å²) in [6.07, 6.45) is -0.143. The number of carbonyl (C=O) groups is 2. The van der Waals surface area contributed by atoms with Crippen LogP contribution in [-0.2, 0) is 4.79 Å². The normalized spacial score (nSPS) is 9.94. The van der Waals surface area contributed by atoms with E-state index in [4.69, 9.17) is 28.3 Å². The second kappa shape index (κ2) is 6.47. The average molecular weight is 291 g/mol. The Morgan fingerprint density at radius 3 is 2.56 bits per heavy atom. The van der Waals surface area contributed by atoms with E-state index in [2.05, 4.69) is 10.6 Å². The lowest BCUT2D eigenvalue weighted by Gasteiger charge is -2.10. The molecular weight excluding hydrogens is 279 g/mol. The fourth-order valence-electron chi connectivity index (χ4n) is 1.19. The number of hydrogen-bond donors (Lipinski definition) is 3. The van der Waals surface area contributed by atoms with E-state index in [0.717, 1.165) is 5.56 Å². The third-order valence-electron chi connectivity index (χ3n) is 2.12. The zero-order valence-electron chi connectivity index (χ0n) is 9.59. The van der Waals surface area contributed by atoms with Gasteiger partial charge < -0.3 is 15.7 Å². The van der Waals surface area contributed by atoms with Crippen LogP contribution in [-0.4, -0.2) is 23.7 Å². The van der Waals surface area contributed by atoms with Crippen molar-refractivity contribution in [3.8, 4) is 0 Å². The molecule has 0 aliphatic heterocycles. The minimum absolute atomic E-state index is 0.0401. The Hall–Kier alpha value is -1.46. The molecule has 2 amide bonds. The summed E-state index contributed by atoms with van der Waals surface area (Å²) in [6, 6.07) is 2.64. The molecule has 1 aromatic rings. The molecule has 7 heteroatoms. The number of carboxylic acid groups (broad SMARTS) is 1. The summed E-state index contributed by atoms with van der Waals surface area (Å²) in [5.74, 6) is -0.980. The molecular formula is C11H12Cl2N2O3. The summed E-state index contributed by atoms with van der Waals surface area (Å²) >= 11 is 11.8. The topological polar surface area (TPSA) is 78.4 Å². The number of carboxylic acids is 1. The molecule has 0 aliphatic rings. The highest BCUT2D eigenvalue weighted by Crippen LogP contribution is 2.28. The van der Waals surface area contributed by atoms with E-state index in [1.54, 1.807) is 13.0 Å². The molecule has 0 saturated heterocycles. The quantitative estimate of drug-likeness (QED) is 0.798. The number of rotatable bonds is 4. The first kappa shape index (κ1) is 14.6. The molecule has 0 bridgehead atoms. The van der Waals surface area contributed by atoms with E-state index < -0.39 is 12.0 Å². The smallest absolute Gasteiger partial charge is 0.319 e. The highest BCUT2D eigenvalue weighted by Gasteiger charge is 2.08. The van der Waals surface area contributed by atoms with Gasteiger partial charge in [-0.3, -0.25) is 4.79 Å². The average Bonchev–Trinajstić information content (AvgIpc) is 2.25. The van der Waals surface area contributed by atoms with Crippen LogP contribution in [0.4, 0.5) is 10.5 Å². The standard InChI is InChI=1S/C11H12Cl2N2O3/c1-6-4-8(13)9(5-7(6)12)15-11(18)14-3-2-10(16)17/h4-5H,2-3H2,1H3,(H,16,17)(H2,14,15,18). The van der Waals surface area contributed by atoms with E-state index >= 15 is 0 Å². The van der Waals surface area contributed by atoms with Crippen molar-refractivity contribution in [2.45, 2.75) is 13.3 Å². The third kappa shape index (κ3) is 4.43. The molecule has 18 heavy (non-hydrogen) atoms. The summed E-state index contributed by atoms with van der Waals surface area (Å²) in [5.41, 5.74) is 1.18. The molecule has 1 aromatic carbocycles. The van der Waals surface area contributed by atoms with E-state index in [1.807, 2.05) is 0 Å². The van der Waals surface area contributed by atoms with Gasteiger partial charge in [-0.15, -0.1) is 0 Å². The molecule has 0 aliphatic carbocycles. The predicted octanol–water partition coefficient (Wildman–Crippen LogP) is 2.90. The number of hydrogen-bond acceptors (Lipinski definition) is 2. The Morgan fingerprint density at radius 1 is 1.28 bits per heavy atom. The van der Waals surface area contributed by atoms with Gasteiger partial charge in [-0.2, -0.15) is 0 Å². The number of aliphatic carboxylic acids is 1. The van der Waals surface area contributed by atoms with E-state index in [-0.39, 0.29) is 13.0 Å². The van der Waals surface area contributed by atoms with Crippen molar-refractivity contribution in [2.75, 3.05) is 11.9 Å². The van der Waals surface area contributed by atoms with Gasteiger partial charge in [0.2, 0.25) is 0 Å². The van der Waals surface area contributed by atoms with Gasteiger partial charge in [0.05, 0.1) is 17.1 Å². The van der Waals surface area contributed by atoms with Crippen molar-refractivity contribution >= 4 is 40.9 Å². The van der Waals surface area contributed by atoms with E-state index in [1.165, 1.54) is 6.07 Å². The van der Waals surface area contributed by atoms with Gasteiger partial charge in [0, 0.05) is 11.6 Å². The van der Waals surface area contributed by atoms with Crippen LogP contribution in [0.15, 0.2) is 12.1 Å². The molecule has 0 saturated carbocycles. The van der Waals surface area contributed by atoms with Gasteiger partial charge in [-0.1, -0.05) is 23.2 Å². The second-order valence-electron chi connectivity index (χ2n) is 3.61. The van der Waals surface area contributed by atoms with E-state index in [0.29, 0.717) is 15.7 Å². The fraction of sp³-hybridized carbons (Fsp3) is 0.273. The monoisotopic (exact) mass is 290 g/mol. The Bertz CT molecular complexity index is 478. The summed E-state index contributed by atoms with van der Waals surface area (Å²) in [7, 11) is 0. The number of nitrogens with one attached hydrogen (secondary N) is 2. The highest BCUT2D eigenvalue weighted by atomic mass is 35.5. The van der Waals surface area contributed by atoms with Crippen LogP contribution in [0.1, 0.15) is 12.0 Å². The summed E-state index contributed by atoms with van der Waals surface area (Å²) in [5, 5.41) is 14.2. The Labute approximate surface area is 114 Å². The maximum Gasteiger partial charge on any atom is 0.319 e. The minimum Gasteiger partial charge on any atom is -0.481 e. The van der Waals surface area contributed by atoms with Crippen molar-refractivity contribution < 1.29 is 14.7 Å². The number of urea groups is 1. The number of benzene rings is 1. The number of carbonyl (C=O) groups excluding carboxylic acids is 1. The maximum atomic E-state index is 11.4. The lowest BCUT2D eigenvalue weighted by Crippen LogP contribution is -2.30. The largest absolute Gasteiger partial charge is 0.481 e. The van der Waals surface area contributed by atoms with Gasteiger partial charge in [0.1, 0.15) is 0 Å². The highest BCUT2D eigenvalue weighted by molar-refractivity contribution is 6.36.